The highest BCUT2D eigenvalue weighted by molar-refractivity contribution is 5.58. The molecule has 0 spiro atoms. The van der Waals surface area contributed by atoms with Crippen molar-refractivity contribution in [2.75, 3.05) is 19.8 Å². The second-order valence-electron chi connectivity index (χ2n) is 16.9. The summed E-state index contributed by atoms with van der Waals surface area (Å²) in [7, 11) is 0. The van der Waals surface area contributed by atoms with Crippen LogP contribution in [0, 0.1) is 23.3 Å². The fraction of sp³-hybridized carbons (Fsp3) is 0.623. The number of nitrogens with zero attached hydrogens (tertiary/aromatic N) is 4. The first-order chi connectivity index (χ1) is 31.3. The second kappa shape index (κ2) is 34.1. The monoisotopic (exact) mass is 895 g/mol. The van der Waals surface area contributed by atoms with Crippen LogP contribution in [0.25, 0.3) is 22.8 Å². The van der Waals surface area contributed by atoms with Gasteiger partial charge in [0.1, 0.15) is 0 Å². The molecule has 0 aliphatic carbocycles. The summed E-state index contributed by atoms with van der Waals surface area (Å²) in [6.07, 6.45) is 36.6. The molecular weight excluding hydrogens is 817 g/mol. The van der Waals surface area contributed by atoms with E-state index in [4.69, 9.17) is 14.2 Å². The lowest BCUT2D eigenvalue weighted by Gasteiger charge is -2.10. The molecule has 0 atom stereocenters. The Balaban J connectivity index is 0.000000340. The average Bonchev–Trinajstić information content (AvgIpc) is 3.31. The third-order valence-corrected chi connectivity index (χ3v) is 11.3. The number of aryl methyl sites for hydroxylation is 1. The Kier molecular flexibility index (Phi) is 28.8. The smallest absolute Gasteiger partial charge is 0.201 e. The maximum Gasteiger partial charge on any atom is 0.201 e. The number of unbranched alkanes of at least 4 members (excludes halogenated alkanes) is 21. The normalized spacial score (nSPS) is 11.1. The Morgan fingerprint density at radius 1 is 0.359 bits per heavy atom. The predicted octanol–water partition coefficient (Wildman–Crippen LogP) is 16.4. The minimum atomic E-state index is -1.000. The van der Waals surface area contributed by atoms with Gasteiger partial charge in [0.15, 0.2) is 40.5 Å². The van der Waals surface area contributed by atoms with Crippen molar-refractivity contribution >= 4 is 0 Å². The molecular formula is C53H78F4N4O3. The first-order valence-corrected chi connectivity index (χ1v) is 24.8. The van der Waals surface area contributed by atoms with Crippen molar-refractivity contribution < 1.29 is 31.8 Å². The van der Waals surface area contributed by atoms with Gasteiger partial charge in [0.2, 0.25) is 11.6 Å². The van der Waals surface area contributed by atoms with E-state index in [1.165, 1.54) is 139 Å². The van der Waals surface area contributed by atoms with Gasteiger partial charge in [0.05, 0.1) is 43.3 Å². The Labute approximate surface area is 383 Å². The van der Waals surface area contributed by atoms with Gasteiger partial charge in [-0.05, 0) is 61.9 Å². The van der Waals surface area contributed by atoms with Crippen LogP contribution in [0.4, 0.5) is 17.6 Å². The van der Waals surface area contributed by atoms with E-state index in [2.05, 4.69) is 47.6 Å². The van der Waals surface area contributed by atoms with Gasteiger partial charge < -0.3 is 14.2 Å². The van der Waals surface area contributed by atoms with E-state index in [1.807, 2.05) is 0 Å². The summed E-state index contributed by atoms with van der Waals surface area (Å²) in [5.41, 5.74) is 1.11. The number of ether oxygens (including phenoxy) is 3. The molecule has 64 heavy (non-hydrogen) atoms. The van der Waals surface area contributed by atoms with Gasteiger partial charge in [-0.3, -0.25) is 0 Å². The van der Waals surface area contributed by atoms with Gasteiger partial charge in [0, 0.05) is 12.4 Å². The molecule has 0 aliphatic rings. The van der Waals surface area contributed by atoms with Crippen molar-refractivity contribution in [2.24, 2.45) is 0 Å². The summed E-state index contributed by atoms with van der Waals surface area (Å²) in [6, 6.07) is 5.87. The molecule has 11 heteroatoms. The molecule has 0 radical (unpaired) electrons. The fourth-order valence-corrected chi connectivity index (χ4v) is 7.27. The summed E-state index contributed by atoms with van der Waals surface area (Å²) in [6.45, 7) is 10.2. The topological polar surface area (TPSA) is 79.3 Å². The van der Waals surface area contributed by atoms with Crippen LogP contribution in [0.1, 0.15) is 194 Å². The van der Waals surface area contributed by atoms with E-state index in [0.29, 0.717) is 25.6 Å². The molecule has 4 aromatic rings. The van der Waals surface area contributed by atoms with Crippen molar-refractivity contribution in [3.63, 3.8) is 0 Å². The molecule has 2 heterocycles. The largest absolute Gasteiger partial charge is 0.490 e. The molecule has 0 amide bonds. The van der Waals surface area contributed by atoms with Crippen molar-refractivity contribution in [3.05, 3.63) is 77.9 Å². The highest BCUT2D eigenvalue weighted by Gasteiger charge is 2.19. The Bertz CT molecular complexity index is 1670. The van der Waals surface area contributed by atoms with E-state index in [9.17, 15) is 17.6 Å². The minimum Gasteiger partial charge on any atom is -0.490 e. The van der Waals surface area contributed by atoms with Gasteiger partial charge in [-0.1, -0.05) is 163 Å². The minimum absolute atomic E-state index is 0.0110. The highest BCUT2D eigenvalue weighted by atomic mass is 19.2. The molecule has 356 valence electrons. The zero-order chi connectivity index (χ0) is 46.0. The third-order valence-electron chi connectivity index (χ3n) is 11.3. The Morgan fingerprint density at radius 3 is 1.08 bits per heavy atom. The highest BCUT2D eigenvalue weighted by Crippen LogP contribution is 2.30. The number of hydrogen-bond acceptors (Lipinski definition) is 7. The molecule has 0 N–H and O–H groups in total. The van der Waals surface area contributed by atoms with E-state index >= 15 is 0 Å². The summed E-state index contributed by atoms with van der Waals surface area (Å²) in [4.78, 5) is 16.8. The number of aromatic nitrogens is 4. The lowest BCUT2D eigenvalue weighted by Crippen LogP contribution is -2.03. The lowest BCUT2D eigenvalue weighted by atomic mass is 10.1. The molecule has 0 saturated carbocycles. The maximum atomic E-state index is 14.6. The van der Waals surface area contributed by atoms with Crippen molar-refractivity contribution in [1.29, 1.82) is 0 Å². The van der Waals surface area contributed by atoms with Gasteiger partial charge >= 0.3 is 0 Å². The van der Waals surface area contributed by atoms with Crippen LogP contribution in [-0.4, -0.2) is 39.8 Å². The molecule has 2 aromatic heterocycles. The lowest BCUT2D eigenvalue weighted by molar-refractivity contribution is 0.285. The third kappa shape index (κ3) is 21.1. The molecule has 7 nitrogen and oxygen atoms in total. The van der Waals surface area contributed by atoms with E-state index < -0.39 is 23.3 Å². The van der Waals surface area contributed by atoms with Gasteiger partial charge in [-0.2, -0.15) is 8.78 Å². The number of benzene rings is 2. The quantitative estimate of drug-likeness (QED) is 0.0341. The van der Waals surface area contributed by atoms with Crippen molar-refractivity contribution in [1.82, 2.24) is 19.9 Å². The van der Waals surface area contributed by atoms with Gasteiger partial charge in [0.25, 0.3) is 0 Å². The van der Waals surface area contributed by atoms with Crippen molar-refractivity contribution in [2.45, 2.75) is 195 Å². The summed E-state index contributed by atoms with van der Waals surface area (Å²) in [5.74, 6) is -3.18. The SMILES string of the molecule is CCCCCCCCCc1cnc(-c2ccc(OCCCCCCCC)c(F)c2F)nc1.CCCCCCCCOc1cnc(-c2ccc(OCCCCCCCC)c(F)c2F)nc1. The van der Waals surface area contributed by atoms with Crippen LogP contribution in [-0.2, 0) is 6.42 Å². The van der Waals surface area contributed by atoms with Crippen LogP contribution in [0.15, 0.2) is 49.1 Å². The van der Waals surface area contributed by atoms with Crippen LogP contribution in [0.5, 0.6) is 17.2 Å². The van der Waals surface area contributed by atoms with Crippen LogP contribution < -0.4 is 14.2 Å². The van der Waals surface area contributed by atoms with Gasteiger partial charge in [-0.25, -0.2) is 28.7 Å². The summed E-state index contributed by atoms with van der Waals surface area (Å²) >= 11 is 0. The van der Waals surface area contributed by atoms with E-state index in [1.54, 1.807) is 12.4 Å². The molecule has 0 saturated heterocycles. The van der Waals surface area contributed by atoms with Crippen LogP contribution in [0.3, 0.4) is 0 Å². The molecule has 0 aliphatic heterocycles. The molecule has 2 aromatic carbocycles. The Hall–Kier alpha value is -4.28. The molecule has 0 fully saturated rings. The summed E-state index contributed by atoms with van der Waals surface area (Å²) < 4.78 is 74.6. The zero-order valence-corrected chi connectivity index (χ0v) is 39.7. The molecule has 0 unspecified atom stereocenters. The Morgan fingerprint density at radius 2 is 0.688 bits per heavy atom. The van der Waals surface area contributed by atoms with E-state index in [0.717, 1.165) is 69.8 Å². The standard InChI is InChI=1S/C27H40F2N2O.C26H38F2N2O2/c1-3-5-7-9-11-12-14-16-22-20-30-27(31-21-22)23-17-18-24(26(29)25(23)28)32-19-15-13-10-8-6-4-2;1-3-5-7-9-11-13-17-31-21-19-29-26(30-20-21)22-15-16-23(25(28)24(22)27)32-18-14-12-10-8-6-4-2/h17-18,20-21H,3-16,19H2,1-2H3;15-16,19-20H,3-14,17-18H2,1-2H3. The second-order valence-corrected chi connectivity index (χ2v) is 16.9. The average molecular weight is 895 g/mol. The fourth-order valence-electron chi connectivity index (χ4n) is 7.27. The number of hydrogen-bond donors (Lipinski definition) is 0. The van der Waals surface area contributed by atoms with Crippen molar-refractivity contribution in [3.8, 4) is 40.0 Å². The maximum absolute atomic E-state index is 14.6. The predicted molar refractivity (Wildman–Crippen MR) is 253 cm³/mol. The van der Waals surface area contributed by atoms with Crippen LogP contribution in [0.2, 0.25) is 0 Å². The molecule has 4 rings (SSSR count). The first-order valence-electron chi connectivity index (χ1n) is 24.8. The van der Waals surface area contributed by atoms with Crippen LogP contribution >= 0.6 is 0 Å². The number of rotatable bonds is 34. The van der Waals surface area contributed by atoms with Gasteiger partial charge in [-0.15, -0.1) is 0 Å². The summed E-state index contributed by atoms with van der Waals surface area (Å²) in [5, 5.41) is 0. The van der Waals surface area contributed by atoms with E-state index in [-0.39, 0.29) is 34.3 Å². The number of halogens is 4. The zero-order valence-electron chi connectivity index (χ0n) is 39.7. The molecule has 0 bridgehead atoms. The first kappa shape index (κ1) is 54.1.